The van der Waals surface area contributed by atoms with Crippen molar-refractivity contribution in [3.05, 3.63) is 24.0 Å². The third kappa shape index (κ3) is 3.67. The van der Waals surface area contributed by atoms with Crippen LogP contribution in [-0.4, -0.2) is 25.8 Å². The fourth-order valence-electron chi connectivity index (χ4n) is 1.90. The summed E-state index contributed by atoms with van der Waals surface area (Å²) in [6.07, 6.45) is 0.743. The first-order valence-electron chi connectivity index (χ1n) is 6.19. The Hall–Kier alpha value is -1.14. The second kappa shape index (κ2) is 5.88. The van der Waals surface area contributed by atoms with Gasteiger partial charge < -0.3 is 5.73 Å². The molecule has 1 unspecified atom stereocenters. The number of nitrogen functional groups attached to an aromatic ring is 1. The Labute approximate surface area is 114 Å². The molecule has 4 nitrogen and oxygen atoms in total. The summed E-state index contributed by atoms with van der Waals surface area (Å²) in [5.74, 6) is -0.332. The van der Waals surface area contributed by atoms with E-state index < -0.39 is 15.8 Å². The maximum atomic E-state index is 13.4. The van der Waals surface area contributed by atoms with Crippen LogP contribution >= 0.6 is 0 Å². The van der Waals surface area contributed by atoms with Crippen LogP contribution in [0.2, 0.25) is 0 Å². The average molecular weight is 288 g/mol. The molecule has 0 fully saturated rings. The SMILES string of the molecule is CC(C)CC(C)N(C)S(=O)(=O)c1ccc(N)c(F)c1. The highest BCUT2D eigenvalue weighted by Gasteiger charge is 2.26. The minimum absolute atomic E-state index is 0.0585. The van der Waals surface area contributed by atoms with E-state index in [9.17, 15) is 12.8 Å². The van der Waals surface area contributed by atoms with E-state index in [4.69, 9.17) is 5.73 Å². The number of hydrogen-bond acceptors (Lipinski definition) is 3. The third-order valence-corrected chi connectivity index (χ3v) is 5.05. The summed E-state index contributed by atoms with van der Waals surface area (Å²) >= 11 is 0. The fourth-order valence-corrected chi connectivity index (χ4v) is 3.29. The van der Waals surface area contributed by atoms with Gasteiger partial charge in [-0.15, -0.1) is 0 Å². The Morgan fingerprint density at radius 1 is 1.32 bits per heavy atom. The topological polar surface area (TPSA) is 63.4 Å². The fraction of sp³-hybridized carbons (Fsp3) is 0.538. The second-order valence-electron chi connectivity index (χ2n) is 5.18. The van der Waals surface area contributed by atoms with Gasteiger partial charge in [-0.05, 0) is 37.5 Å². The van der Waals surface area contributed by atoms with Gasteiger partial charge in [-0.2, -0.15) is 4.31 Å². The van der Waals surface area contributed by atoms with Crippen molar-refractivity contribution in [2.45, 2.75) is 38.1 Å². The van der Waals surface area contributed by atoms with Gasteiger partial charge in [-0.3, -0.25) is 0 Å². The molecule has 1 atom stereocenters. The van der Waals surface area contributed by atoms with Gasteiger partial charge in [0.2, 0.25) is 10.0 Å². The lowest BCUT2D eigenvalue weighted by molar-refractivity contribution is 0.337. The highest BCUT2D eigenvalue weighted by atomic mass is 32.2. The van der Waals surface area contributed by atoms with E-state index in [0.717, 1.165) is 12.5 Å². The van der Waals surface area contributed by atoms with Gasteiger partial charge in [-0.25, -0.2) is 12.8 Å². The Kier molecular flexibility index (Phi) is 4.92. The van der Waals surface area contributed by atoms with Gasteiger partial charge >= 0.3 is 0 Å². The first kappa shape index (κ1) is 15.9. The molecule has 0 aliphatic heterocycles. The minimum atomic E-state index is -3.69. The van der Waals surface area contributed by atoms with Crippen molar-refractivity contribution in [1.82, 2.24) is 4.31 Å². The lowest BCUT2D eigenvalue weighted by Gasteiger charge is -2.25. The zero-order chi connectivity index (χ0) is 14.8. The van der Waals surface area contributed by atoms with E-state index in [2.05, 4.69) is 0 Å². The standard InChI is InChI=1S/C13H21FN2O2S/c1-9(2)7-10(3)16(4)19(17,18)11-5-6-13(15)12(14)8-11/h5-6,8-10H,7,15H2,1-4H3. The van der Waals surface area contributed by atoms with Crippen LogP contribution < -0.4 is 5.73 Å². The maximum Gasteiger partial charge on any atom is 0.243 e. The van der Waals surface area contributed by atoms with Crippen LogP contribution in [0.15, 0.2) is 23.1 Å². The maximum absolute atomic E-state index is 13.4. The summed E-state index contributed by atoms with van der Waals surface area (Å²) < 4.78 is 39.3. The van der Waals surface area contributed by atoms with E-state index in [0.29, 0.717) is 5.92 Å². The summed E-state index contributed by atoms with van der Waals surface area (Å²) in [6, 6.07) is 3.41. The van der Waals surface area contributed by atoms with Crippen LogP contribution in [0.25, 0.3) is 0 Å². The zero-order valence-electron chi connectivity index (χ0n) is 11.7. The highest BCUT2D eigenvalue weighted by Crippen LogP contribution is 2.22. The number of halogens is 1. The Balaban J connectivity index is 3.06. The van der Waals surface area contributed by atoms with Gasteiger partial charge in [-0.1, -0.05) is 13.8 Å². The van der Waals surface area contributed by atoms with Crippen molar-refractivity contribution in [3.8, 4) is 0 Å². The molecular formula is C13H21FN2O2S. The number of benzene rings is 1. The summed E-state index contributed by atoms with van der Waals surface area (Å²) in [5, 5.41) is 0. The van der Waals surface area contributed by atoms with Crippen molar-refractivity contribution in [2.24, 2.45) is 5.92 Å². The Morgan fingerprint density at radius 2 is 1.89 bits per heavy atom. The van der Waals surface area contributed by atoms with Crippen molar-refractivity contribution >= 4 is 15.7 Å². The highest BCUT2D eigenvalue weighted by molar-refractivity contribution is 7.89. The normalized spacial score (nSPS) is 14.1. The van der Waals surface area contributed by atoms with E-state index in [1.54, 1.807) is 0 Å². The zero-order valence-corrected chi connectivity index (χ0v) is 12.5. The number of anilines is 1. The van der Waals surface area contributed by atoms with E-state index in [1.807, 2.05) is 20.8 Å². The monoisotopic (exact) mass is 288 g/mol. The van der Waals surface area contributed by atoms with Crippen LogP contribution in [0.5, 0.6) is 0 Å². The quantitative estimate of drug-likeness (QED) is 0.847. The van der Waals surface area contributed by atoms with E-state index in [-0.39, 0.29) is 16.6 Å². The molecule has 0 spiro atoms. The summed E-state index contributed by atoms with van der Waals surface area (Å²) in [6.45, 7) is 5.89. The molecule has 6 heteroatoms. The van der Waals surface area contributed by atoms with Crippen LogP contribution in [0.3, 0.4) is 0 Å². The molecule has 0 aliphatic carbocycles. The summed E-state index contributed by atoms with van der Waals surface area (Å²) in [4.78, 5) is -0.0719. The number of nitrogens with zero attached hydrogens (tertiary/aromatic N) is 1. The molecule has 2 N–H and O–H groups in total. The number of sulfonamides is 1. The van der Waals surface area contributed by atoms with Gasteiger partial charge in [0.15, 0.2) is 0 Å². The summed E-state index contributed by atoms with van der Waals surface area (Å²) in [7, 11) is -2.17. The minimum Gasteiger partial charge on any atom is -0.396 e. The van der Waals surface area contributed by atoms with Gasteiger partial charge in [0.25, 0.3) is 0 Å². The predicted molar refractivity (Wildman–Crippen MR) is 74.7 cm³/mol. The largest absolute Gasteiger partial charge is 0.396 e. The molecular weight excluding hydrogens is 267 g/mol. The molecule has 0 saturated heterocycles. The molecule has 1 aromatic carbocycles. The lowest BCUT2D eigenvalue weighted by Crippen LogP contribution is -2.36. The van der Waals surface area contributed by atoms with Crippen molar-refractivity contribution in [2.75, 3.05) is 12.8 Å². The Bertz CT molecular complexity index is 544. The van der Waals surface area contributed by atoms with Crippen LogP contribution in [0.1, 0.15) is 27.2 Å². The van der Waals surface area contributed by atoms with Crippen molar-refractivity contribution in [1.29, 1.82) is 0 Å². The molecule has 1 rings (SSSR count). The van der Waals surface area contributed by atoms with Crippen LogP contribution in [-0.2, 0) is 10.0 Å². The molecule has 0 heterocycles. The number of hydrogen-bond donors (Lipinski definition) is 1. The van der Waals surface area contributed by atoms with Crippen molar-refractivity contribution in [3.63, 3.8) is 0 Å². The van der Waals surface area contributed by atoms with Crippen molar-refractivity contribution < 1.29 is 12.8 Å². The second-order valence-corrected chi connectivity index (χ2v) is 7.18. The first-order chi connectivity index (χ1) is 8.66. The molecule has 0 bridgehead atoms. The Morgan fingerprint density at radius 3 is 2.37 bits per heavy atom. The molecule has 108 valence electrons. The molecule has 0 saturated carbocycles. The molecule has 0 aromatic heterocycles. The lowest BCUT2D eigenvalue weighted by atomic mass is 10.1. The van der Waals surface area contributed by atoms with Crippen LogP contribution in [0, 0.1) is 11.7 Å². The molecule has 0 amide bonds. The van der Waals surface area contributed by atoms with Gasteiger partial charge in [0, 0.05) is 13.1 Å². The number of nitrogens with two attached hydrogens (primary N) is 1. The van der Waals surface area contributed by atoms with Crippen LogP contribution in [0.4, 0.5) is 10.1 Å². The van der Waals surface area contributed by atoms with Gasteiger partial charge in [0.1, 0.15) is 5.82 Å². The third-order valence-electron chi connectivity index (χ3n) is 3.08. The molecule has 0 radical (unpaired) electrons. The first-order valence-corrected chi connectivity index (χ1v) is 7.63. The molecule has 0 aliphatic rings. The smallest absolute Gasteiger partial charge is 0.243 e. The predicted octanol–water partition coefficient (Wildman–Crippen LogP) is 2.46. The average Bonchev–Trinajstić information content (AvgIpc) is 2.30. The molecule has 1 aromatic rings. The van der Waals surface area contributed by atoms with Gasteiger partial charge in [0.05, 0.1) is 10.6 Å². The van der Waals surface area contributed by atoms with E-state index >= 15 is 0 Å². The summed E-state index contributed by atoms with van der Waals surface area (Å²) in [5.41, 5.74) is 5.29. The number of rotatable bonds is 5. The molecule has 19 heavy (non-hydrogen) atoms. The van der Waals surface area contributed by atoms with E-state index in [1.165, 1.54) is 23.5 Å².